The molecule has 1 atom stereocenters. The minimum absolute atomic E-state index is 0.185. The van der Waals surface area contributed by atoms with Crippen LogP contribution >= 0.6 is 0 Å². The van der Waals surface area contributed by atoms with Gasteiger partial charge >= 0.3 is 0 Å². The number of anilines is 1. The first-order valence-corrected chi connectivity index (χ1v) is 8.78. The maximum atomic E-state index is 14.5. The monoisotopic (exact) mass is 377 g/mol. The fourth-order valence-electron chi connectivity index (χ4n) is 2.88. The van der Waals surface area contributed by atoms with Crippen molar-refractivity contribution in [2.24, 2.45) is 0 Å². The van der Waals surface area contributed by atoms with Crippen LogP contribution in [0.2, 0.25) is 0 Å². The van der Waals surface area contributed by atoms with Crippen molar-refractivity contribution in [3.05, 3.63) is 101 Å². The Bertz CT molecular complexity index is 1100. The summed E-state index contributed by atoms with van der Waals surface area (Å²) in [7, 11) is 0. The van der Waals surface area contributed by atoms with Gasteiger partial charge in [-0.15, -0.1) is 10.2 Å². The van der Waals surface area contributed by atoms with Crippen LogP contribution in [0.3, 0.4) is 0 Å². The fourth-order valence-corrected chi connectivity index (χ4v) is 2.88. The van der Waals surface area contributed by atoms with Crippen molar-refractivity contribution in [1.29, 1.82) is 0 Å². The van der Waals surface area contributed by atoms with Crippen LogP contribution in [0.1, 0.15) is 23.1 Å². The Labute approximate surface area is 160 Å². The van der Waals surface area contributed by atoms with Crippen molar-refractivity contribution >= 4 is 5.69 Å². The highest BCUT2D eigenvalue weighted by atomic mass is 19.1. The SMILES string of the molecule is Cc1ccc(N[C@H](c2nnc(-c3ccccc3)o2)c2ccccc2F)cc1F. The molecule has 4 aromatic rings. The molecule has 0 saturated heterocycles. The van der Waals surface area contributed by atoms with Crippen molar-refractivity contribution < 1.29 is 13.2 Å². The van der Waals surface area contributed by atoms with Gasteiger partial charge in [0.15, 0.2) is 0 Å². The third-order valence-corrected chi connectivity index (χ3v) is 4.41. The molecule has 0 fully saturated rings. The number of hydrogen-bond acceptors (Lipinski definition) is 4. The van der Waals surface area contributed by atoms with Crippen LogP contribution in [0.5, 0.6) is 0 Å². The summed E-state index contributed by atoms with van der Waals surface area (Å²) >= 11 is 0. The molecular weight excluding hydrogens is 360 g/mol. The molecule has 3 aromatic carbocycles. The van der Waals surface area contributed by atoms with E-state index >= 15 is 0 Å². The van der Waals surface area contributed by atoms with E-state index in [0.29, 0.717) is 22.7 Å². The molecule has 1 aromatic heterocycles. The van der Waals surface area contributed by atoms with Crippen molar-refractivity contribution in [2.75, 3.05) is 5.32 Å². The molecule has 0 radical (unpaired) electrons. The van der Waals surface area contributed by atoms with Crippen molar-refractivity contribution in [1.82, 2.24) is 10.2 Å². The zero-order valence-electron chi connectivity index (χ0n) is 15.1. The van der Waals surface area contributed by atoms with Crippen LogP contribution < -0.4 is 5.32 Å². The standard InChI is InChI=1S/C22H17F2N3O/c1-14-11-12-16(13-19(14)24)25-20(17-9-5-6-10-18(17)23)22-27-26-21(28-22)15-7-3-2-4-8-15/h2-13,20,25H,1H3/t20-/m0/s1. The summed E-state index contributed by atoms with van der Waals surface area (Å²) < 4.78 is 34.3. The van der Waals surface area contributed by atoms with E-state index in [-0.39, 0.29) is 11.7 Å². The fraction of sp³-hybridized carbons (Fsp3) is 0.0909. The molecule has 0 saturated carbocycles. The van der Waals surface area contributed by atoms with Gasteiger partial charge in [-0.2, -0.15) is 0 Å². The minimum atomic E-state index is -0.770. The van der Waals surface area contributed by atoms with Crippen LogP contribution in [0.4, 0.5) is 14.5 Å². The number of nitrogens with zero attached hydrogens (tertiary/aromatic N) is 2. The summed E-state index contributed by atoms with van der Waals surface area (Å²) in [5.41, 5.74) is 2.09. The number of aryl methyl sites for hydroxylation is 1. The molecule has 0 amide bonds. The van der Waals surface area contributed by atoms with E-state index < -0.39 is 11.9 Å². The maximum Gasteiger partial charge on any atom is 0.247 e. The van der Waals surface area contributed by atoms with Crippen LogP contribution in [0.25, 0.3) is 11.5 Å². The lowest BCUT2D eigenvalue weighted by Crippen LogP contribution is -2.14. The molecule has 1 heterocycles. The van der Waals surface area contributed by atoms with Crippen LogP contribution in [-0.4, -0.2) is 10.2 Å². The first kappa shape index (κ1) is 17.9. The summed E-state index contributed by atoms with van der Waals surface area (Å²) in [4.78, 5) is 0. The zero-order valence-corrected chi connectivity index (χ0v) is 15.1. The number of benzene rings is 3. The molecule has 0 aliphatic carbocycles. The van der Waals surface area contributed by atoms with Gasteiger partial charge < -0.3 is 9.73 Å². The Kier molecular flexibility index (Phi) is 4.85. The van der Waals surface area contributed by atoms with Crippen molar-refractivity contribution in [3.8, 4) is 11.5 Å². The maximum absolute atomic E-state index is 14.5. The zero-order chi connectivity index (χ0) is 19.5. The summed E-state index contributed by atoms with van der Waals surface area (Å²) in [5, 5.41) is 11.3. The van der Waals surface area contributed by atoms with Crippen LogP contribution in [0, 0.1) is 18.6 Å². The van der Waals surface area contributed by atoms with Gasteiger partial charge in [-0.25, -0.2) is 8.78 Å². The molecule has 28 heavy (non-hydrogen) atoms. The van der Waals surface area contributed by atoms with E-state index in [0.717, 1.165) is 5.56 Å². The Morgan fingerprint density at radius 2 is 1.61 bits per heavy atom. The quantitative estimate of drug-likeness (QED) is 0.497. The average Bonchev–Trinajstić information content (AvgIpc) is 3.20. The number of hydrogen-bond donors (Lipinski definition) is 1. The highest BCUT2D eigenvalue weighted by Crippen LogP contribution is 2.30. The van der Waals surface area contributed by atoms with E-state index in [1.165, 1.54) is 12.1 Å². The van der Waals surface area contributed by atoms with Crippen molar-refractivity contribution in [3.63, 3.8) is 0 Å². The second-order valence-electron chi connectivity index (χ2n) is 6.37. The van der Waals surface area contributed by atoms with Gasteiger partial charge in [-0.05, 0) is 42.8 Å². The van der Waals surface area contributed by atoms with Crippen LogP contribution in [0.15, 0.2) is 77.2 Å². The Balaban J connectivity index is 1.74. The first-order chi connectivity index (χ1) is 13.6. The van der Waals surface area contributed by atoms with E-state index in [1.807, 2.05) is 30.3 Å². The summed E-state index contributed by atoms with van der Waals surface area (Å²) in [5.74, 6) is -0.265. The first-order valence-electron chi connectivity index (χ1n) is 8.78. The normalized spacial score (nSPS) is 12.0. The van der Waals surface area contributed by atoms with Crippen molar-refractivity contribution in [2.45, 2.75) is 13.0 Å². The predicted octanol–water partition coefficient (Wildman–Crippen LogP) is 5.52. The molecule has 0 spiro atoms. The van der Waals surface area contributed by atoms with Gasteiger partial charge in [0.25, 0.3) is 0 Å². The van der Waals surface area contributed by atoms with E-state index in [4.69, 9.17) is 4.42 Å². The molecule has 140 valence electrons. The molecule has 0 aliphatic rings. The van der Waals surface area contributed by atoms with Gasteiger partial charge in [-0.3, -0.25) is 0 Å². The lowest BCUT2D eigenvalue weighted by Gasteiger charge is -2.18. The van der Waals surface area contributed by atoms with E-state index in [9.17, 15) is 8.78 Å². The van der Waals surface area contributed by atoms with Gasteiger partial charge in [0.05, 0.1) is 0 Å². The van der Waals surface area contributed by atoms with Gasteiger partial charge in [0, 0.05) is 16.8 Å². The predicted molar refractivity (Wildman–Crippen MR) is 103 cm³/mol. The number of nitrogens with one attached hydrogen (secondary N) is 1. The van der Waals surface area contributed by atoms with Gasteiger partial charge in [0.2, 0.25) is 11.8 Å². The van der Waals surface area contributed by atoms with E-state index in [1.54, 1.807) is 37.3 Å². The van der Waals surface area contributed by atoms with Crippen LogP contribution in [-0.2, 0) is 0 Å². The second-order valence-corrected chi connectivity index (χ2v) is 6.37. The molecule has 0 aliphatic heterocycles. The molecule has 4 nitrogen and oxygen atoms in total. The Morgan fingerprint density at radius 1 is 0.857 bits per heavy atom. The molecule has 1 N–H and O–H groups in total. The molecule has 4 rings (SSSR count). The molecule has 6 heteroatoms. The third-order valence-electron chi connectivity index (χ3n) is 4.41. The van der Waals surface area contributed by atoms with Gasteiger partial charge in [0.1, 0.15) is 17.7 Å². The minimum Gasteiger partial charge on any atom is -0.418 e. The largest absolute Gasteiger partial charge is 0.418 e. The number of aromatic nitrogens is 2. The van der Waals surface area contributed by atoms with E-state index in [2.05, 4.69) is 15.5 Å². The summed E-state index contributed by atoms with van der Waals surface area (Å²) in [6, 6.07) is 19.6. The summed E-state index contributed by atoms with van der Waals surface area (Å²) in [6.45, 7) is 1.68. The Hall–Kier alpha value is -3.54. The Morgan fingerprint density at radius 3 is 2.36 bits per heavy atom. The number of rotatable bonds is 5. The summed E-state index contributed by atoms with van der Waals surface area (Å²) in [6.07, 6.45) is 0. The second kappa shape index (κ2) is 7.60. The highest BCUT2D eigenvalue weighted by Gasteiger charge is 2.24. The topological polar surface area (TPSA) is 51.0 Å². The molecule has 0 unspecified atom stereocenters. The number of halogens is 2. The third kappa shape index (κ3) is 3.62. The molecular formula is C22H17F2N3O. The smallest absolute Gasteiger partial charge is 0.247 e. The van der Waals surface area contributed by atoms with Gasteiger partial charge in [-0.1, -0.05) is 42.5 Å². The highest BCUT2D eigenvalue weighted by molar-refractivity contribution is 5.53. The lowest BCUT2D eigenvalue weighted by atomic mass is 10.1. The lowest BCUT2D eigenvalue weighted by molar-refractivity contribution is 0.485. The average molecular weight is 377 g/mol. The molecule has 0 bridgehead atoms.